The molecule has 0 aliphatic heterocycles. The summed E-state index contributed by atoms with van der Waals surface area (Å²) in [5.41, 5.74) is 5.58. The molecule has 1 fully saturated rings. The summed E-state index contributed by atoms with van der Waals surface area (Å²) in [4.78, 5) is 22.5. The summed E-state index contributed by atoms with van der Waals surface area (Å²) in [6.45, 7) is 2.00. The fourth-order valence-corrected chi connectivity index (χ4v) is 1.25. The summed E-state index contributed by atoms with van der Waals surface area (Å²) in [6, 6.07) is -0.164. The van der Waals surface area contributed by atoms with Gasteiger partial charge in [0.25, 0.3) is 0 Å². The molecule has 0 heterocycles. The van der Waals surface area contributed by atoms with Crippen LogP contribution in [0.5, 0.6) is 0 Å². The second-order valence-electron chi connectivity index (χ2n) is 3.95. The molecule has 0 spiro atoms. The Morgan fingerprint density at radius 1 is 1.47 bits per heavy atom. The molecule has 1 atom stereocenters. The zero-order valence-corrected chi connectivity index (χ0v) is 9.08. The molecule has 1 aliphatic carbocycles. The van der Waals surface area contributed by atoms with E-state index in [1.54, 1.807) is 0 Å². The average Bonchev–Trinajstić information content (AvgIpc) is 2.98. The lowest BCUT2D eigenvalue weighted by molar-refractivity contribution is -0.127. The molecule has 2 amide bonds. The molecule has 0 aromatic rings. The third kappa shape index (κ3) is 4.78. The van der Waals surface area contributed by atoms with Crippen LogP contribution in [0.25, 0.3) is 0 Å². The van der Waals surface area contributed by atoms with E-state index in [0.717, 1.165) is 19.3 Å². The van der Waals surface area contributed by atoms with Crippen LogP contribution in [0.2, 0.25) is 0 Å². The molecule has 5 nitrogen and oxygen atoms in total. The van der Waals surface area contributed by atoms with Crippen molar-refractivity contribution >= 4 is 11.8 Å². The Bertz CT molecular complexity index is 239. The van der Waals surface area contributed by atoms with Crippen molar-refractivity contribution in [1.29, 1.82) is 0 Å². The van der Waals surface area contributed by atoms with E-state index < -0.39 is 6.04 Å². The number of nitrogens with one attached hydrogen (secondary N) is 2. The Labute approximate surface area is 89.8 Å². The second-order valence-corrected chi connectivity index (χ2v) is 3.95. The van der Waals surface area contributed by atoms with Crippen molar-refractivity contribution in [2.24, 2.45) is 5.73 Å². The van der Waals surface area contributed by atoms with Crippen molar-refractivity contribution < 1.29 is 9.59 Å². The highest BCUT2D eigenvalue weighted by atomic mass is 16.2. The number of nitrogens with two attached hydrogens (primary N) is 1. The van der Waals surface area contributed by atoms with Gasteiger partial charge in [0.1, 0.15) is 0 Å². The normalized spacial score (nSPS) is 16.9. The molecular formula is C10H19N3O2. The largest absolute Gasteiger partial charge is 0.352 e. The van der Waals surface area contributed by atoms with Crippen molar-refractivity contribution in [3.63, 3.8) is 0 Å². The highest BCUT2D eigenvalue weighted by Crippen LogP contribution is 2.18. The first-order valence-corrected chi connectivity index (χ1v) is 5.46. The Balaban J connectivity index is 2.11. The maximum atomic E-state index is 11.3. The van der Waals surface area contributed by atoms with Crippen LogP contribution in [0.1, 0.15) is 32.6 Å². The van der Waals surface area contributed by atoms with Crippen LogP contribution in [0.3, 0.4) is 0 Å². The fourth-order valence-electron chi connectivity index (χ4n) is 1.25. The minimum Gasteiger partial charge on any atom is -0.352 e. The number of carbonyl (C=O) groups excluding carboxylic acids is 2. The van der Waals surface area contributed by atoms with Gasteiger partial charge in [0, 0.05) is 6.04 Å². The van der Waals surface area contributed by atoms with Gasteiger partial charge < -0.3 is 16.4 Å². The first-order chi connectivity index (χ1) is 7.13. The Kier molecular flexibility index (Phi) is 4.55. The lowest BCUT2D eigenvalue weighted by Crippen LogP contribution is -2.45. The molecule has 1 aliphatic rings. The Morgan fingerprint density at radius 3 is 2.67 bits per heavy atom. The summed E-state index contributed by atoms with van der Waals surface area (Å²) in [7, 11) is 0. The van der Waals surface area contributed by atoms with E-state index in [0.29, 0.717) is 12.5 Å². The van der Waals surface area contributed by atoms with Crippen LogP contribution in [0.4, 0.5) is 0 Å². The molecule has 4 N–H and O–H groups in total. The van der Waals surface area contributed by atoms with E-state index in [-0.39, 0.29) is 18.4 Å². The fraction of sp³-hybridized carbons (Fsp3) is 0.800. The van der Waals surface area contributed by atoms with Crippen molar-refractivity contribution in [3.05, 3.63) is 0 Å². The molecule has 0 aromatic heterocycles. The Morgan fingerprint density at radius 2 is 2.13 bits per heavy atom. The van der Waals surface area contributed by atoms with Gasteiger partial charge >= 0.3 is 0 Å². The minimum absolute atomic E-state index is 0.0345. The first-order valence-electron chi connectivity index (χ1n) is 5.46. The van der Waals surface area contributed by atoms with Crippen molar-refractivity contribution in [3.8, 4) is 0 Å². The molecule has 86 valence electrons. The van der Waals surface area contributed by atoms with Crippen molar-refractivity contribution in [1.82, 2.24) is 10.6 Å². The molecule has 15 heavy (non-hydrogen) atoms. The summed E-state index contributed by atoms with van der Waals surface area (Å²) in [5.74, 6) is -0.377. The van der Waals surface area contributed by atoms with Crippen LogP contribution >= 0.6 is 0 Å². The van der Waals surface area contributed by atoms with Gasteiger partial charge in [-0.2, -0.15) is 0 Å². The van der Waals surface area contributed by atoms with E-state index in [1.807, 2.05) is 6.92 Å². The number of carbonyl (C=O) groups is 2. The molecule has 1 rings (SSSR count). The van der Waals surface area contributed by atoms with Crippen LogP contribution < -0.4 is 16.4 Å². The topological polar surface area (TPSA) is 84.2 Å². The molecule has 0 bridgehead atoms. The lowest BCUT2D eigenvalue weighted by atomic mass is 10.2. The minimum atomic E-state index is -0.497. The number of amides is 2. The second kappa shape index (κ2) is 5.70. The summed E-state index contributed by atoms with van der Waals surface area (Å²) in [6.07, 6.45) is 3.61. The molecule has 0 aromatic carbocycles. The molecule has 1 unspecified atom stereocenters. The van der Waals surface area contributed by atoms with E-state index in [9.17, 15) is 9.59 Å². The number of hydrogen-bond donors (Lipinski definition) is 3. The third-order valence-electron chi connectivity index (χ3n) is 2.30. The van der Waals surface area contributed by atoms with Gasteiger partial charge in [-0.15, -0.1) is 0 Å². The van der Waals surface area contributed by atoms with E-state index >= 15 is 0 Å². The van der Waals surface area contributed by atoms with Gasteiger partial charge in [-0.1, -0.05) is 13.3 Å². The van der Waals surface area contributed by atoms with Crippen LogP contribution in [0.15, 0.2) is 0 Å². The lowest BCUT2D eigenvalue weighted by Gasteiger charge is -2.10. The highest BCUT2D eigenvalue weighted by Gasteiger charge is 2.23. The summed E-state index contributed by atoms with van der Waals surface area (Å²) < 4.78 is 0. The maximum absolute atomic E-state index is 11.3. The smallest absolute Gasteiger partial charge is 0.239 e. The SMILES string of the molecule is CCCC(N)C(=O)NCC(=O)NC1CC1. The predicted molar refractivity (Wildman–Crippen MR) is 57.1 cm³/mol. The van der Waals surface area contributed by atoms with Gasteiger partial charge in [0.2, 0.25) is 11.8 Å². The monoisotopic (exact) mass is 213 g/mol. The standard InChI is InChI=1S/C10H19N3O2/c1-2-3-8(11)10(15)12-6-9(14)13-7-4-5-7/h7-8H,2-6,11H2,1H3,(H,12,15)(H,13,14). The Hall–Kier alpha value is -1.10. The van der Waals surface area contributed by atoms with Crippen molar-refractivity contribution in [2.75, 3.05) is 6.54 Å². The maximum Gasteiger partial charge on any atom is 0.239 e. The van der Waals surface area contributed by atoms with E-state index in [4.69, 9.17) is 5.73 Å². The van der Waals surface area contributed by atoms with Gasteiger partial charge in [0.05, 0.1) is 12.6 Å². The van der Waals surface area contributed by atoms with Crippen molar-refractivity contribution in [2.45, 2.75) is 44.7 Å². The third-order valence-corrected chi connectivity index (χ3v) is 2.30. The van der Waals surface area contributed by atoms with E-state index in [1.165, 1.54) is 0 Å². The van der Waals surface area contributed by atoms with Gasteiger partial charge in [-0.05, 0) is 19.3 Å². The number of hydrogen-bond acceptors (Lipinski definition) is 3. The summed E-state index contributed by atoms with van der Waals surface area (Å²) in [5, 5.41) is 5.31. The molecular weight excluding hydrogens is 194 g/mol. The van der Waals surface area contributed by atoms with Gasteiger partial charge in [-0.25, -0.2) is 0 Å². The predicted octanol–water partition coefficient (Wildman–Crippen LogP) is -0.491. The first kappa shape index (κ1) is 12.0. The van der Waals surface area contributed by atoms with Crippen LogP contribution in [-0.2, 0) is 9.59 Å². The summed E-state index contributed by atoms with van der Waals surface area (Å²) >= 11 is 0. The zero-order valence-electron chi connectivity index (χ0n) is 9.08. The molecule has 0 saturated heterocycles. The molecule has 0 radical (unpaired) electrons. The molecule has 1 saturated carbocycles. The van der Waals surface area contributed by atoms with Crippen LogP contribution in [-0.4, -0.2) is 30.4 Å². The van der Waals surface area contributed by atoms with Gasteiger partial charge in [0.15, 0.2) is 0 Å². The molecule has 5 heteroatoms. The number of rotatable bonds is 6. The van der Waals surface area contributed by atoms with E-state index in [2.05, 4.69) is 10.6 Å². The average molecular weight is 213 g/mol. The van der Waals surface area contributed by atoms with Crippen LogP contribution in [0, 0.1) is 0 Å². The van der Waals surface area contributed by atoms with Gasteiger partial charge in [-0.3, -0.25) is 9.59 Å². The highest BCUT2D eigenvalue weighted by molar-refractivity contribution is 5.87. The zero-order chi connectivity index (χ0) is 11.3. The quantitative estimate of drug-likeness (QED) is 0.556.